The predicted octanol–water partition coefficient (Wildman–Crippen LogP) is 2.92. The highest BCUT2D eigenvalue weighted by Crippen LogP contribution is 2.29. The third kappa shape index (κ3) is 3.13. The van der Waals surface area contributed by atoms with Crippen LogP contribution in [0.1, 0.15) is 22.8 Å². The first-order valence-corrected chi connectivity index (χ1v) is 6.76. The average Bonchev–Trinajstić information content (AvgIpc) is 2.48. The van der Waals surface area contributed by atoms with Crippen LogP contribution in [0.15, 0.2) is 36.5 Å². The van der Waals surface area contributed by atoms with E-state index < -0.39 is 5.97 Å². The van der Waals surface area contributed by atoms with E-state index in [0.29, 0.717) is 23.7 Å². The van der Waals surface area contributed by atoms with Crippen molar-refractivity contribution in [2.24, 2.45) is 0 Å². The van der Waals surface area contributed by atoms with Gasteiger partial charge < -0.3 is 15.4 Å². The number of aryl methyl sites for hydroxylation is 1. The summed E-state index contributed by atoms with van der Waals surface area (Å²) in [7, 11) is 1.86. The van der Waals surface area contributed by atoms with Gasteiger partial charge in [-0.05, 0) is 32.0 Å². The zero-order valence-corrected chi connectivity index (χ0v) is 12.5. The van der Waals surface area contributed by atoms with E-state index >= 15 is 0 Å². The third-order valence-corrected chi connectivity index (χ3v) is 3.20. The molecular weight excluding hydrogens is 266 g/mol. The molecule has 0 unspecified atom stereocenters. The quantitative estimate of drug-likeness (QED) is 0.875. The zero-order chi connectivity index (χ0) is 15.4. The van der Waals surface area contributed by atoms with Gasteiger partial charge in [0.1, 0.15) is 0 Å². The maximum absolute atomic E-state index is 11.9. The Morgan fingerprint density at radius 1 is 1.29 bits per heavy atom. The van der Waals surface area contributed by atoms with Gasteiger partial charge in [0, 0.05) is 18.9 Å². The summed E-state index contributed by atoms with van der Waals surface area (Å²) in [6.45, 7) is 4.09. The van der Waals surface area contributed by atoms with Gasteiger partial charge in [0.2, 0.25) is 0 Å². The molecule has 0 saturated carbocycles. The van der Waals surface area contributed by atoms with Gasteiger partial charge in [0.05, 0.1) is 17.9 Å². The smallest absolute Gasteiger partial charge is 0.340 e. The highest BCUT2D eigenvalue weighted by molar-refractivity contribution is 5.98. The molecule has 5 heteroatoms. The number of anilines is 3. The molecule has 0 spiro atoms. The van der Waals surface area contributed by atoms with Gasteiger partial charge in [-0.3, -0.25) is 0 Å². The molecule has 2 aromatic rings. The number of nitrogens with zero attached hydrogens (tertiary/aromatic N) is 2. The molecule has 2 N–H and O–H groups in total. The fourth-order valence-corrected chi connectivity index (χ4v) is 2.01. The second kappa shape index (κ2) is 6.26. The number of benzene rings is 1. The van der Waals surface area contributed by atoms with Crippen molar-refractivity contribution in [2.75, 3.05) is 24.3 Å². The monoisotopic (exact) mass is 285 g/mol. The third-order valence-electron chi connectivity index (χ3n) is 3.20. The van der Waals surface area contributed by atoms with E-state index in [1.807, 2.05) is 43.1 Å². The van der Waals surface area contributed by atoms with Crippen LogP contribution in [0.2, 0.25) is 0 Å². The Kier molecular flexibility index (Phi) is 4.42. The van der Waals surface area contributed by atoms with E-state index in [2.05, 4.69) is 4.98 Å². The first kappa shape index (κ1) is 14.8. The topological polar surface area (TPSA) is 68.5 Å². The molecule has 1 heterocycles. The number of pyridine rings is 1. The summed E-state index contributed by atoms with van der Waals surface area (Å²) < 4.78 is 5.00. The fourth-order valence-electron chi connectivity index (χ4n) is 2.01. The van der Waals surface area contributed by atoms with Crippen LogP contribution in [0.5, 0.6) is 0 Å². The summed E-state index contributed by atoms with van der Waals surface area (Å²) in [5.41, 5.74) is 8.85. The summed E-state index contributed by atoms with van der Waals surface area (Å²) in [4.78, 5) is 18.0. The number of aromatic nitrogens is 1. The highest BCUT2D eigenvalue weighted by atomic mass is 16.5. The van der Waals surface area contributed by atoms with Crippen molar-refractivity contribution in [1.82, 2.24) is 4.98 Å². The first-order chi connectivity index (χ1) is 10.0. The highest BCUT2D eigenvalue weighted by Gasteiger charge is 2.17. The number of rotatable bonds is 4. The van der Waals surface area contributed by atoms with Crippen LogP contribution < -0.4 is 10.6 Å². The van der Waals surface area contributed by atoms with Crippen molar-refractivity contribution >= 4 is 23.2 Å². The molecule has 0 aliphatic rings. The van der Waals surface area contributed by atoms with Crippen LogP contribution in [0.4, 0.5) is 17.2 Å². The van der Waals surface area contributed by atoms with Crippen LogP contribution in [-0.2, 0) is 4.74 Å². The summed E-state index contributed by atoms with van der Waals surface area (Å²) in [6, 6.07) is 9.55. The Labute approximate surface area is 124 Å². The van der Waals surface area contributed by atoms with Crippen molar-refractivity contribution in [3.05, 3.63) is 47.7 Å². The Morgan fingerprint density at radius 2 is 1.95 bits per heavy atom. The molecule has 1 aromatic carbocycles. The van der Waals surface area contributed by atoms with Crippen molar-refractivity contribution in [3.8, 4) is 0 Å². The Hall–Kier alpha value is -2.56. The number of hydrogen-bond donors (Lipinski definition) is 1. The van der Waals surface area contributed by atoms with Crippen molar-refractivity contribution in [1.29, 1.82) is 0 Å². The van der Waals surface area contributed by atoms with Gasteiger partial charge in [-0.25, -0.2) is 9.78 Å². The van der Waals surface area contributed by atoms with Gasteiger partial charge in [0.15, 0.2) is 5.82 Å². The lowest BCUT2D eigenvalue weighted by atomic mass is 10.2. The second-order valence-corrected chi connectivity index (χ2v) is 4.71. The minimum atomic E-state index is -0.434. The Balaban J connectivity index is 2.37. The van der Waals surface area contributed by atoms with Gasteiger partial charge in [-0.15, -0.1) is 0 Å². The zero-order valence-electron chi connectivity index (χ0n) is 12.5. The normalized spacial score (nSPS) is 10.2. The summed E-state index contributed by atoms with van der Waals surface area (Å²) >= 11 is 0. The molecule has 110 valence electrons. The van der Waals surface area contributed by atoms with Crippen LogP contribution in [0.25, 0.3) is 0 Å². The van der Waals surface area contributed by atoms with Gasteiger partial charge in [0.25, 0.3) is 0 Å². The minimum Gasteiger partial charge on any atom is -0.462 e. The number of ether oxygens (including phenoxy) is 1. The van der Waals surface area contributed by atoms with Crippen LogP contribution in [0.3, 0.4) is 0 Å². The number of carbonyl (C=O) groups excluding carboxylic acids is 1. The summed E-state index contributed by atoms with van der Waals surface area (Å²) in [6.07, 6.45) is 1.56. The van der Waals surface area contributed by atoms with Crippen molar-refractivity contribution in [2.45, 2.75) is 13.8 Å². The van der Waals surface area contributed by atoms with Crippen molar-refractivity contribution < 1.29 is 9.53 Å². The summed E-state index contributed by atoms with van der Waals surface area (Å²) in [5.74, 6) is 0.0976. The predicted molar refractivity (Wildman–Crippen MR) is 83.8 cm³/mol. The lowest BCUT2D eigenvalue weighted by Gasteiger charge is -2.21. The molecule has 0 saturated heterocycles. The fraction of sp³-hybridized carbons (Fsp3) is 0.250. The minimum absolute atomic E-state index is 0.309. The summed E-state index contributed by atoms with van der Waals surface area (Å²) in [5, 5.41) is 0. The van der Waals surface area contributed by atoms with E-state index in [-0.39, 0.29) is 0 Å². The lowest BCUT2D eigenvalue weighted by Crippen LogP contribution is -2.16. The molecule has 5 nitrogen and oxygen atoms in total. The van der Waals surface area contributed by atoms with Gasteiger partial charge >= 0.3 is 5.97 Å². The molecule has 21 heavy (non-hydrogen) atoms. The molecule has 0 fully saturated rings. The molecule has 0 amide bonds. The number of carbonyl (C=O) groups is 1. The van der Waals surface area contributed by atoms with E-state index in [1.165, 1.54) is 5.56 Å². The molecule has 1 aromatic heterocycles. The van der Waals surface area contributed by atoms with Gasteiger partial charge in [-0.2, -0.15) is 0 Å². The second-order valence-electron chi connectivity index (χ2n) is 4.71. The number of nitrogens with two attached hydrogens (primary N) is 1. The first-order valence-electron chi connectivity index (χ1n) is 6.76. The molecular formula is C16H19N3O2. The Morgan fingerprint density at radius 3 is 2.57 bits per heavy atom. The van der Waals surface area contributed by atoms with Crippen molar-refractivity contribution in [3.63, 3.8) is 0 Å². The number of hydrogen-bond acceptors (Lipinski definition) is 5. The maximum atomic E-state index is 11.9. The van der Waals surface area contributed by atoms with E-state index in [1.54, 1.807) is 19.2 Å². The number of nitrogen functional groups attached to an aromatic ring is 1. The van der Waals surface area contributed by atoms with Gasteiger partial charge in [-0.1, -0.05) is 17.7 Å². The van der Waals surface area contributed by atoms with E-state index in [0.717, 1.165) is 5.69 Å². The molecule has 0 bridgehead atoms. The standard InChI is InChI=1S/C16H19N3O2/c1-4-21-16(20)13-9-10-18-15(14(13)17)19(3)12-7-5-11(2)6-8-12/h5-10H,4,17H2,1-3H3. The molecule has 0 radical (unpaired) electrons. The van der Waals surface area contributed by atoms with E-state index in [4.69, 9.17) is 10.5 Å². The molecule has 0 aliphatic heterocycles. The number of esters is 1. The molecule has 2 rings (SSSR count). The maximum Gasteiger partial charge on any atom is 0.340 e. The van der Waals surface area contributed by atoms with Crippen LogP contribution in [-0.4, -0.2) is 24.6 Å². The lowest BCUT2D eigenvalue weighted by molar-refractivity contribution is 0.0527. The Bertz CT molecular complexity index is 638. The van der Waals surface area contributed by atoms with E-state index in [9.17, 15) is 4.79 Å². The molecule has 0 aliphatic carbocycles. The SMILES string of the molecule is CCOC(=O)c1ccnc(N(C)c2ccc(C)cc2)c1N. The average molecular weight is 285 g/mol. The molecule has 0 atom stereocenters. The van der Waals surface area contributed by atoms with Crippen LogP contribution in [0, 0.1) is 6.92 Å². The van der Waals surface area contributed by atoms with Crippen LogP contribution >= 0.6 is 0 Å². The largest absolute Gasteiger partial charge is 0.462 e.